The van der Waals surface area contributed by atoms with E-state index in [0.717, 1.165) is 0 Å². The molecule has 1 N–H and O–H groups in total. The van der Waals surface area contributed by atoms with Crippen molar-refractivity contribution < 1.29 is 14.8 Å². The van der Waals surface area contributed by atoms with E-state index in [2.05, 4.69) is 4.98 Å². The second kappa shape index (κ2) is 3.61. The molecule has 0 saturated carbocycles. The van der Waals surface area contributed by atoms with Crippen LogP contribution in [0.5, 0.6) is 0 Å². The number of aliphatic carboxylic acids is 1. The van der Waals surface area contributed by atoms with Crippen LogP contribution in [0.4, 0.5) is 5.82 Å². The molecule has 82 valence electrons. The summed E-state index contributed by atoms with van der Waals surface area (Å²) in [6.07, 6.45) is 2.68. The first-order chi connectivity index (χ1) is 7.58. The van der Waals surface area contributed by atoms with Crippen LogP contribution in [0.25, 0.3) is 5.52 Å². The van der Waals surface area contributed by atoms with Crippen molar-refractivity contribution in [3.05, 3.63) is 40.3 Å². The van der Waals surface area contributed by atoms with E-state index in [4.69, 9.17) is 5.11 Å². The summed E-state index contributed by atoms with van der Waals surface area (Å²) in [7, 11) is 0. The quantitative estimate of drug-likeness (QED) is 0.612. The lowest BCUT2D eigenvalue weighted by Crippen LogP contribution is -2.01. The second-order valence-electron chi connectivity index (χ2n) is 3.23. The predicted molar refractivity (Wildman–Crippen MR) is 53.2 cm³/mol. The summed E-state index contributed by atoms with van der Waals surface area (Å²) < 4.78 is 1.44. The standard InChI is InChI=1S/C9H7N3O4/c13-8(14)3-6-1-2-7-9(12(15)16)10-5-11(7)4-6/h1-2,4-5H,3H2,(H,13,14). The van der Waals surface area contributed by atoms with Gasteiger partial charge in [-0.15, -0.1) is 0 Å². The molecule has 0 fully saturated rings. The van der Waals surface area contributed by atoms with Gasteiger partial charge in [0, 0.05) is 6.20 Å². The van der Waals surface area contributed by atoms with E-state index in [1.54, 1.807) is 0 Å². The highest BCUT2D eigenvalue weighted by molar-refractivity contribution is 5.71. The molecule has 0 aliphatic rings. The third-order valence-electron chi connectivity index (χ3n) is 2.10. The fraction of sp³-hybridized carbons (Fsp3) is 0.111. The summed E-state index contributed by atoms with van der Waals surface area (Å²) in [4.78, 5) is 24.1. The Hall–Kier alpha value is -2.44. The molecule has 16 heavy (non-hydrogen) atoms. The number of carboxylic acids is 1. The Morgan fingerprint density at radius 2 is 2.31 bits per heavy atom. The molecule has 7 heteroatoms. The molecule has 0 spiro atoms. The molecule has 0 aliphatic carbocycles. The summed E-state index contributed by atoms with van der Waals surface area (Å²) in [6, 6.07) is 3.03. The second-order valence-corrected chi connectivity index (χ2v) is 3.23. The van der Waals surface area contributed by atoms with Gasteiger partial charge in [0.05, 0.1) is 6.42 Å². The van der Waals surface area contributed by atoms with Crippen LogP contribution in [-0.4, -0.2) is 25.4 Å². The molecule has 0 unspecified atom stereocenters. The monoisotopic (exact) mass is 221 g/mol. The van der Waals surface area contributed by atoms with Crippen LogP contribution in [0.1, 0.15) is 5.56 Å². The fourth-order valence-electron chi connectivity index (χ4n) is 1.45. The van der Waals surface area contributed by atoms with Crippen LogP contribution in [0.3, 0.4) is 0 Å². The summed E-state index contributed by atoms with van der Waals surface area (Å²) in [5.74, 6) is -1.18. The Labute approximate surface area is 89.1 Å². The summed E-state index contributed by atoms with van der Waals surface area (Å²) >= 11 is 0. The lowest BCUT2D eigenvalue weighted by Gasteiger charge is -1.98. The normalized spacial score (nSPS) is 10.5. The molecule has 0 radical (unpaired) electrons. The average Bonchev–Trinajstić information content (AvgIpc) is 2.59. The van der Waals surface area contributed by atoms with Gasteiger partial charge in [0.2, 0.25) is 6.33 Å². The van der Waals surface area contributed by atoms with Crippen molar-refractivity contribution in [2.75, 3.05) is 0 Å². The number of hydrogen-bond acceptors (Lipinski definition) is 4. The maximum absolute atomic E-state index is 10.6. The molecular formula is C9H7N3O4. The van der Waals surface area contributed by atoms with Crippen LogP contribution >= 0.6 is 0 Å². The van der Waals surface area contributed by atoms with E-state index in [1.165, 1.54) is 29.1 Å². The van der Waals surface area contributed by atoms with Crippen molar-refractivity contribution in [3.63, 3.8) is 0 Å². The summed E-state index contributed by atoms with van der Waals surface area (Å²) in [5, 5.41) is 19.2. The first-order valence-electron chi connectivity index (χ1n) is 4.39. The Morgan fingerprint density at radius 3 is 2.94 bits per heavy atom. The highest BCUT2D eigenvalue weighted by Crippen LogP contribution is 2.17. The van der Waals surface area contributed by atoms with Crippen molar-refractivity contribution >= 4 is 17.3 Å². The van der Waals surface area contributed by atoms with E-state index in [9.17, 15) is 14.9 Å². The van der Waals surface area contributed by atoms with Gasteiger partial charge in [0.15, 0.2) is 0 Å². The summed E-state index contributed by atoms with van der Waals surface area (Å²) in [5.41, 5.74) is 0.909. The van der Waals surface area contributed by atoms with E-state index >= 15 is 0 Å². The van der Waals surface area contributed by atoms with Gasteiger partial charge < -0.3 is 15.2 Å². The maximum Gasteiger partial charge on any atom is 0.389 e. The van der Waals surface area contributed by atoms with Crippen LogP contribution in [0, 0.1) is 10.1 Å². The van der Waals surface area contributed by atoms with Gasteiger partial charge in [-0.1, -0.05) is 6.07 Å². The molecule has 0 aromatic carbocycles. The first-order valence-corrected chi connectivity index (χ1v) is 4.39. The molecule has 0 aliphatic heterocycles. The molecule has 2 aromatic heterocycles. The van der Waals surface area contributed by atoms with Crippen molar-refractivity contribution in [3.8, 4) is 0 Å². The number of nitrogens with zero attached hydrogens (tertiary/aromatic N) is 3. The minimum absolute atomic E-state index is 0.123. The van der Waals surface area contributed by atoms with Gasteiger partial charge in [0.25, 0.3) is 0 Å². The van der Waals surface area contributed by atoms with Gasteiger partial charge in [-0.05, 0) is 21.5 Å². The number of nitro groups is 1. The average molecular weight is 221 g/mol. The highest BCUT2D eigenvalue weighted by atomic mass is 16.6. The molecule has 0 atom stereocenters. The zero-order valence-electron chi connectivity index (χ0n) is 8.03. The Kier molecular flexibility index (Phi) is 2.28. The van der Waals surface area contributed by atoms with Crippen LogP contribution in [-0.2, 0) is 11.2 Å². The number of carbonyl (C=O) groups is 1. The number of hydrogen-bond donors (Lipinski definition) is 1. The smallest absolute Gasteiger partial charge is 0.389 e. The molecule has 2 heterocycles. The number of carboxylic acid groups (broad SMARTS) is 1. The first kappa shape index (κ1) is 10.1. The number of fused-ring (bicyclic) bond motifs is 1. The number of pyridine rings is 1. The number of imidazole rings is 1. The van der Waals surface area contributed by atoms with Gasteiger partial charge in [-0.3, -0.25) is 9.20 Å². The van der Waals surface area contributed by atoms with E-state index in [0.29, 0.717) is 11.1 Å². The predicted octanol–water partition coefficient (Wildman–Crippen LogP) is 0.870. The fourth-order valence-corrected chi connectivity index (χ4v) is 1.45. The Morgan fingerprint density at radius 1 is 1.56 bits per heavy atom. The van der Waals surface area contributed by atoms with Gasteiger partial charge in [0.1, 0.15) is 5.52 Å². The van der Waals surface area contributed by atoms with Crippen LogP contribution in [0.15, 0.2) is 24.7 Å². The zero-order chi connectivity index (χ0) is 11.7. The molecule has 0 bridgehead atoms. The summed E-state index contributed by atoms with van der Waals surface area (Å²) in [6.45, 7) is 0. The minimum atomic E-state index is -0.950. The van der Waals surface area contributed by atoms with Crippen molar-refractivity contribution in [2.45, 2.75) is 6.42 Å². The molecule has 2 rings (SSSR count). The number of rotatable bonds is 3. The molecule has 7 nitrogen and oxygen atoms in total. The van der Waals surface area contributed by atoms with Gasteiger partial charge in [-0.25, -0.2) is 0 Å². The van der Waals surface area contributed by atoms with Crippen molar-refractivity contribution in [1.29, 1.82) is 0 Å². The highest BCUT2D eigenvalue weighted by Gasteiger charge is 2.15. The van der Waals surface area contributed by atoms with Crippen molar-refractivity contribution in [2.24, 2.45) is 0 Å². The SMILES string of the molecule is O=C(O)Cc1ccc2c([N+](=O)[O-])ncn2c1. The topological polar surface area (TPSA) is 97.7 Å². The van der Waals surface area contributed by atoms with Crippen LogP contribution < -0.4 is 0 Å². The lowest BCUT2D eigenvalue weighted by molar-refractivity contribution is -0.387. The zero-order valence-corrected chi connectivity index (χ0v) is 8.03. The maximum atomic E-state index is 10.6. The van der Waals surface area contributed by atoms with Crippen LogP contribution in [0.2, 0.25) is 0 Å². The van der Waals surface area contributed by atoms with Gasteiger partial charge in [-0.2, -0.15) is 0 Å². The molecule has 0 saturated heterocycles. The molecule has 2 aromatic rings. The number of aromatic nitrogens is 2. The Bertz CT molecular complexity index is 575. The lowest BCUT2D eigenvalue weighted by atomic mass is 10.2. The van der Waals surface area contributed by atoms with Gasteiger partial charge >= 0.3 is 11.8 Å². The Balaban J connectivity index is 2.49. The third kappa shape index (κ3) is 1.70. The molecule has 0 amide bonds. The minimum Gasteiger partial charge on any atom is -0.481 e. The van der Waals surface area contributed by atoms with E-state index < -0.39 is 10.9 Å². The van der Waals surface area contributed by atoms with E-state index in [1.807, 2.05) is 0 Å². The molecular weight excluding hydrogens is 214 g/mol. The third-order valence-corrected chi connectivity index (χ3v) is 2.10. The van der Waals surface area contributed by atoms with E-state index in [-0.39, 0.29) is 12.2 Å². The van der Waals surface area contributed by atoms with Crippen molar-refractivity contribution in [1.82, 2.24) is 9.38 Å². The largest absolute Gasteiger partial charge is 0.481 e.